The van der Waals surface area contributed by atoms with Gasteiger partial charge in [0.05, 0.1) is 6.21 Å². The van der Waals surface area contributed by atoms with Crippen LogP contribution in [-0.2, 0) is 0 Å². The van der Waals surface area contributed by atoms with Crippen molar-refractivity contribution < 1.29 is 0 Å². The summed E-state index contributed by atoms with van der Waals surface area (Å²) in [5.74, 6) is 0. The van der Waals surface area contributed by atoms with E-state index in [1.54, 1.807) is 0 Å². The topological polar surface area (TPSA) is 20.5 Å². The number of hydrogen-bond donors (Lipinski definition) is 0. The van der Waals surface area contributed by atoms with Crippen LogP contribution in [0.3, 0.4) is 0 Å². The first-order chi connectivity index (χ1) is 10.6. The van der Waals surface area contributed by atoms with Gasteiger partial charge in [-0.2, -0.15) is 5.10 Å². The molecule has 0 unspecified atom stereocenters. The Morgan fingerprint density at radius 2 is 1.73 bits per heavy atom. The molecule has 3 rings (SSSR count). The zero-order chi connectivity index (χ0) is 15.5. The lowest BCUT2D eigenvalue weighted by atomic mass is 10.2. The Bertz CT molecular complexity index is 664. The Kier molecular flexibility index (Phi) is 4.53. The molecule has 22 heavy (non-hydrogen) atoms. The van der Waals surface area contributed by atoms with Gasteiger partial charge in [-0.3, -0.25) is 5.01 Å². The zero-order valence-corrected chi connectivity index (χ0v) is 14.0. The van der Waals surface area contributed by atoms with Crippen LogP contribution in [0.5, 0.6) is 0 Å². The van der Waals surface area contributed by atoms with Gasteiger partial charge in [0.2, 0.25) is 0 Å². The second kappa shape index (κ2) is 6.57. The van der Waals surface area contributed by atoms with Crippen molar-refractivity contribution >= 4 is 17.8 Å². The van der Waals surface area contributed by atoms with Gasteiger partial charge in [0.1, 0.15) is 0 Å². The van der Waals surface area contributed by atoms with Crippen molar-refractivity contribution in [3.05, 3.63) is 52.3 Å². The fourth-order valence-corrected chi connectivity index (χ4v) is 3.17. The summed E-state index contributed by atoms with van der Waals surface area (Å²) in [6.45, 7) is 6.41. The van der Waals surface area contributed by atoms with E-state index in [0.29, 0.717) is 0 Å². The predicted molar refractivity (Wildman–Crippen MR) is 93.3 cm³/mol. The number of piperidine rings is 1. The summed E-state index contributed by atoms with van der Waals surface area (Å²) in [5.41, 5.74) is 4.73. The fourth-order valence-electron chi connectivity index (χ4n) is 3.04. The van der Waals surface area contributed by atoms with Crippen LogP contribution in [0.25, 0.3) is 5.69 Å². The number of benzene rings is 1. The second-order valence-corrected chi connectivity index (χ2v) is 6.33. The number of aromatic nitrogens is 1. The molecular formula is C18H22ClN3. The van der Waals surface area contributed by atoms with Crippen LogP contribution < -0.4 is 0 Å². The second-order valence-electron chi connectivity index (χ2n) is 5.90. The fraction of sp³-hybridized carbons (Fsp3) is 0.389. The lowest BCUT2D eigenvalue weighted by Gasteiger charge is -2.23. The van der Waals surface area contributed by atoms with E-state index in [4.69, 9.17) is 11.6 Å². The number of halogens is 1. The number of rotatable bonds is 3. The number of hydrazone groups is 1. The van der Waals surface area contributed by atoms with Crippen LogP contribution in [0.1, 0.15) is 36.2 Å². The molecule has 0 spiro atoms. The highest BCUT2D eigenvalue weighted by Crippen LogP contribution is 2.21. The van der Waals surface area contributed by atoms with Crippen LogP contribution in [0, 0.1) is 13.8 Å². The third kappa shape index (κ3) is 3.20. The van der Waals surface area contributed by atoms with Crippen molar-refractivity contribution in [1.29, 1.82) is 0 Å². The zero-order valence-electron chi connectivity index (χ0n) is 13.2. The van der Waals surface area contributed by atoms with Gasteiger partial charge in [0, 0.05) is 40.8 Å². The molecule has 1 aliphatic heterocycles. The minimum Gasteiger partial charge on any atom is -0.318 e. The van der Waals surface area contributed by atoms with Crippen molar-refractivity contribution in [1.82, 2.24) is 9.58 Å². The third-order valence-corrected chi connectivity index (χ3v) is 4.50. The van der Waals surface area contributed by atoms with Crippen molar-refractivity contribution in [2.24, 2.45) is 5.10 Å². The highest BCUT2D eigenvalue weighted by atomic mass is 35.5. The van der Waals surface area contributed by atoms with Gasteiger partial charge < -0.3 is 4.57 Å². The molecule has 1 aliphatic rings. The maximum atomic E-state index is 5.98. The predicted octanol–water partition coefficient (Wildman–Crippen LogP) is 4.57. The van der Waals surface area contributed by atoms with Crippen LogP contribution in [0.4, 0.5) is 0 Å². The van der Waals surface area contributed by atoms with E-state index < -0.39 is 0 Å². The quantitative estimate of drug-likeness (QED) is 0.760. The molecule has 0 atom stereocenters. The molecule has 1 fully saturated rings. The molecule has 2 heterocycles. The molecule has 0 amide bonds. The Morgan fingerprint density at radius 1 is 1.05 bits per heavy atom. The maximum Gasteiger partial charge on any atom is 0.0561 e. The highest BCUT2D eigenvalue weighted by Gasteiger charge is 2.11. The molecule has 0 saturated carbocycles. The molecule has 2 aromatic rings. The van der Waals surface area contributed by atoms with Crippen LogP contribution >= 0.6 is 11.6 Å². The van der Waals surface area contributed by atoms with E-state index in [1.807, 2.05) is 30.5 Å². The minimum atomic E-state index is 0.762. The van der Waals surface area contributed by atoms with Crippen molar-refractivity contribution in [2.75, 3.05) is 13.1 Å². The lowest BCUT2D eigenvalue weighted by molar-refractivity contribution is 0.240. The number of aryl methyl sites for hydroxylation is 1. The molecule has 1 aromatic heterocycles. The summed E-state index contributed by atoms with van der Waals surface area (Å²) in [6.07, 6.45) is 5.83. The first kappa shape index (κ1) is 15.2. The van der Waals surface area contributed by atoms with Gasteiger partial charge in [-0.25, -0.2) is 0 Å². The van der Waals surface area contributed by atoms with E-state index in [1.165, 1.54) is 36.2 Å². The highest BCUT2D eigenvalue weighted by molar-refractivity contribution is 6.30. The Balaban J connectivity index is 1.86. The summed E-state index contributed by atoms with van der Waals surface area (Å²) in [6, 6.07) is 10.1. The van der Waals surface area contributed by atoms with Gasteiger partial charge >= 0.3 is 0 Å². The normalized spacial score (nSPS) is 15.7. The lowest BCUT2D eigenvalue weighted by Crippen LogP contribution is -2.24. The smallest absolute Gasteiger partial charge is 0.0561 e. The van der Waals surface area contributed by atoms with E-state index >= 15 is 0 Å². The Labute approximate surface area is 137 Å². The van der Waals surface area contributed by atoms with E-state index in [-0.39, 0.29) is 0 Å². The van der Waals surface area contributed by atoms with Crippen molar-refractivity contribution in [3.63, 3.8) is 0 Å². The molecule has 0 aliphatic carbocycles. The molecule has 0 N–H and O–H groups in total. The van der Waals surface area contributed by atoms with Crippen LogP contribution in [-0.4, -0.2) is 28.9 Å². The van der Waals surface area contributed by atoms with Gasteiger partial charge in [0.15, 0.2) is 0 Å². The average Bonchev–Trinajstić information content (AvgIpc) is 2.82. The van der Waals surface area contributed by atoms with E-state index in [2.05, 4.69) is 34.6 Å². The first-order valence-corrected chi connectivity index (χ1v) is 8.27. The monoisotopic (exact) mass is 315 g/mol. The number of nitrogens with zero attached hydrogens (tertiary/aromatic N) is 3. The van der Waals surface area contributed by atoms with Crippen LogP contribution in [0.15, 0.2) is 35.4 Å². The third-order valence-electron chi connectivity index (χ3n) is 4.25. The molecule has 0 radical (unpaired) electrons. The van der Waals surface area contributed by atoms with Gasteiger partial charge in [-0.1, -0.05) is 11.6 Å². The van der Waals surface area contributed by atoms with Crippen molar-refractivity contribution in [3.8, 4) is 5.69 Å². The maximum absolute atomic E-state index is 5.98. The van der Waals surface area contributed by atoms with Gasteiger partial charge in [-0.05, 0) is 63.4 Å². The van der Waals surface area contributed by atoms with E-state index in [0.717, 1.165) is 23.8 Å². The van der Waals surface area contributed by atoms with Gasteiger partial charge in [0.25, 0.3) is 0 Å². The number of hydrogen-bond acceptors (Lipinski definition) is 2. The van der Waals surface area contributed by atoms with E-state index in [9.17, 15) is 0 Å². The standard InChI is InChI=1S/C18H22ClN3/c1-14-12-16(13-20-21-10-4-3-5-11-21)15(2)22(14)18-8-6-17(19)7-9-18/h6-9,12-13H,3-5,10-11H2,1-2H3. The molecular weight excluding hydrogens is 294 g/mol. The molecule has 4 heteroatoms. The largest absolute Gasteiger partial charge is 0.318 e. The molecule has 116 valence electrons. The molecule has 3 nitrogen and oxygen atoms in total. The Hall–Kier alpha value is -1.74. The first-order valence-electron chi connectivity index (χ1n) is 7.89. The summed E-state index contributed by atoms with van der Waals surface area (Å²) >= 11 is 5.98. The summed E-state index contributed by atoms with van der Waals surface area (Å²) < 4.78 is 2.24. The summed E-state index contributed by atoms with van der Waals surface area (Å²) in [5, 5.41) is 7.59. The van der Waals surface area contributed by atoms with Gasteiger partial charge in [-0.15, -0.1) is 0 Å². The average molecular weight is 316 g/mol. The Morgan fingerprint density at radius 3 is 2.41 bits per heavy atom. The summed E-state index contributed by atoms with van der Waals surface area (Å²) in [4.78, 5) is 0. The van der Waals surface area contributed by atoms with Crippen LogP contribution in [0.2, 0.25) is 5.02 Å². The summed E-state index contributed by atoms with van der Waals surface area (Å²) in [7, 11) is 0. The molecule has 1 saturated heterocycles. The molecule has 0 bridgehead atoms. The SMILES string of the molecule is Cc1cc(C=NN2CCCCC2)c(C)n1-c1ccc(Cl)cc1. The van der Waals surface area contributed by atoms with Crippen molar-refractivity contribution in [2.45, 2.75) is 33.1 Å². The minimum absolute atomic E-state index is 0.762. The molecule has 1 aromatic carbocycles.